The van der Waals surface area contributed by atoms with E-state index in [0.717, 1.165) is 27.4 Å². The van der Waals surface area contributed by atoms with E-state index in [-0.39, 0.29) is 11.7 Å². The van der Waals surface area contributed by atoms with Gasteiger partial charge in [-0.05, 0) is 61.5 Å². The Morgan fingerprint density at radius 3 is 2.71 bits per heavy atom. The Hall–Kier alpha value is -3.83. The van der Waals surface area contributed by atoms with Crippen LogP contribution in [-0.4, -0.2) is 45.1 Å². The summed E-state index contributed by atoms with van der Waals surface area (Å²) in [6.07, 6.45) is 1.58. The van der Waals surface area contributed by atoms with E-state index in [1.165, 1.54) is 23.1 Å². The van der Waals surface area contributed by atoms with Crippen LogP contribution in [0.2, 0.25) is 0 Å². The number of hydrogen-bond donors (Lipinski definition) is 1. The zero-order valence-corrected chi connectivity index (χ0v) is 20.6. The number of amides is 1. The lowest BCUT2D eigenvalue weighted by molar-refractivity contribution is -0.113. The van der Waals surface area contributed by atoms with Gasteiger partial charge in [-0.1, -0.05) is 23.1 Å². The Balaban J connectivity index is 1.33. The molecule has 0 spiro atoms. The van der Waals surface area contributed by atoms with E-state index in [1.54, 1.807) is 19.4 Å². The Morgan fingerprint density at radius 1 is 1.14 bits per heavy atom. The number of carbonyl (C=O) groups is 1. The number of methoxy groups -OCH3 is 1. The summed E-state index contributed by atoms with van der Waals surface area (Å²) >= 11 is 2.68. The Kier molecular flexibility index (Phi) is 6.68. The highest BCUT2D eigenvalue weighted by molar-refractivity contribution is 7.99. The summed E-state index contributed by atoms with van der Waals surface area (Å²) < 4.78 is 19.1. The van der Waals surface area contributed by atoms with Crippen LogP contribution in [0.25, 0.3) is 27.5 Å². The number of carbonyl (C=O) groups excluding carboxylic acids is 1. The van der Waals surface area contributed by atoms with Crippen LogP contribution in [0.15, 0.2) is 70.4 Å². The van der Waals surface area contributed by atoms with Gasteiger partial charge < -0.3 is 19.2 Å². The van der Waals surface area contributed by atoms with Crippen molar-refractivity contribution >= 4 is 44.4 Å². The average Bonchev–Trinajstić information content (AvgIpc) is 3.62. The zero-order chi connectivity index (χ0) is 24.2. The number of nitrogens with one attached hydrogen (secondary N) is 1. The molecular weight excluding hydrogens is 486 g/mol. The zero-order valence-electron chi connectivity index (χ0n) is 18.9. The molecule has 178 valence electrons. The van der Waals surface area contributed by atoms with Crippen LogP contribution in [0, 0.1) is 0 Å². The molecule has 2 aromatic carbocycles. The minimum absolute atomic E-state index is 0.132. The summed E-state index contributed by atoms with van der Waals surface area (Å²) in [5.74, 6) is 2.57. The fourth-order valence-corrected chi connectivity index (χ4v) is 5.06. The van der Waals surface area contributed by atoms with Gasteiger partial charge in [0.25, 0.3) is 0 Å². The van der Waals surface area contributed by atoms with Crippen molar-refractivity contribution in [1.29, 1.82) is 0 Å². The molecule has 0 bridgehead atoms. The lowest BCUT2D eigenvalue weighted by Gasteiger charge is -2.10. The smallest absolute Gasteiger partial charge is 0.236 e. The second kappa shape index (κ2) is 10.2. The van der Waals surface area contributed by atoms with Crippen molar-refractivity contribution in [3.05, 3.63) is 60.9 Å². The maximum absolute atomic E-state index is 12.7. The van der Waals surface area contributed by atoms with Crippen molar-refractivity contribution in [2.75, 3.05) is 24.8 Å². The number of hydrogen-bond acceptors (Lipinski definition) is 9. The van der Waals surface area contributed by atoms with Crippen molar-refractivity contribution in [2.45, 2.75) is 12.1 Å². The number of ether oxygens (including phenoxy) is 2. The molecule has 0 aliphatic rings. The molecule has 0 radical (unpaired) electrons. The van der Waals surface area contributed by atoms with E-state index in [2.05, 4.69) is 20.5 Å². The van der Waals surface area contributed by atoms with Gasteiger partial charge in [-0.2, -0.15) is 0 Å². The highest BCUT2D eigenvalue weighted by Crippen LogP contribution is 2.31. The topological polar surface area (TPSA) is 104 Å². The van der Waals surface area contributed by atoms with Gasteiger partial charge in [-0.15, -0.1) is 10.2 Å². The fourth-order valence-electron chi connectivity index (χ4n) is 3.39. The second-order valence-corrected chi connectivity index (χ2v) is 9.21. The minimum Gasteiger partial charge on any atom is -0.497 e. The molecule has 5 aromatic rings. The van der Waals surface area contributed by atoms with Crippen LogP contribution in [0.1, 0.15) is 6.92 Å². The summed E-state index contributed by atoms with van der Waals surface area (Å²) in [5, 5.41) is 12.6. The predicted octanol–water partition coefficient (Wildman–Crippen LogP) is 5.28. The molecule has 0 saturated heterocycles. The van der Waals surface area contributed by atoms with Crippen LogP contribution >= 0.6 is 23.1 Å². The summed E-state index contributed by atoms with van der Waals surface area (Å²) in [5.41, 5.74) is 1.63. The van der Waals surface area contributed by atoms with Gasteiger partial charge in [0.1, 0.15) is 11.5 Å². The maximum Gasteiger partial charge on any atom is 0.236 e. The van der Waals surface area contributed by atoms with Gasteiger partial charge in [-0.3, -0.25) is 9.36 Å². The van der Waals surface area contributed by atoms with Crippen LogP contribution in [0.3, 0.4) is 0 Å². The first-order chi connectivity index (χ1) is 17.1. The number of nitrogens with zero attached hydrogens (tertiary/aromatic N) is 4. The lowest BCUT2D eigenvalue weighted by atomic mass is 10.3. The largest absolute Gasteiger partial charge is 0.497 e. The SMILES string of the molecule is CCOc1ccc2nc(NC(=O)CSc3nnc(-c4ccco4)n3-c3ccc(OC)cc3)sc2c1. The molecule has 0 saturated carbocycles. The lowest BCUT2D eigenvalue weighted by Crippen LogP contribution is -2.14. The Bertz CT molecular complexity index is 1440. The number of aromatic nitrogens is 4. The van der Waals surface area contributed by atoms with Crippen LogP contribution in [0.4, 0.5) is 5.13 Å². The fraction of sp³-hybridized carbons (Fsp3) is 0.167. The van der Waals surface area contributed by atoms with E-state index in [9.17, 15) is 4.79 Å². The number of rotatable bonds is 9. The molecule has 3 aromatic heterocycles. The molecule has 0 aliphatic carbocycles. The summed E-state index contributed by atoms with van der Waals surface area (Å²) in [4.78, 5) is 17.2. The summed E-state index contributed by atoms with van der Waals surface area (Å²) in [6, 6.07) is 16.8. The standard InChI is InChI=1S/C24H21N5O4S2/c1-3-32-17-10-11-18-20(13-17)35-23(25-18)26-21(30)14-34-24-28-27-22(19-5-4-12-33-19)29(24)15-6-8-16(31-2)9-7-15/h4-13H,3,14H2,1-2H3,(H,25,26,30). The van der Waals surface area contributed by atoms with E-state index in [0.29, 0.717) is 28.5 Å². The monoisotopic (exact) mass is 507 g/mol. The third kappa shape index (κ3) is 5.00. The molecule has 0 fully saturated rings. The number of thioether (sulfide) groups is 1. The molecule has 0 atom stereocenters. The van der Waals surface area contributed by atoms with Crippen molar-refractivity contribution in [3.63, 3.8) is 0 Å². The number of thiazole rings is 1. The normalized spacial score (nSPS) is 11.0. The third-order valence-corrected chi connectivity index (χ3v) is 6.82. The first kappa shape index (κ1) is 22.9. The van der Waals surface area contributed by atoms with Crippen molar-refractivity contribution in [3.8, 4) is 28.8 Å². The molecule has 1 N–H and O–H groups in total. The highest BCUT2D eigenvalue weighted by Gasteiger charge is 2.19. The molecule has 9 nitrogen and oxygen atoms in total. The van der Waals surface area contributed by atoms with E-state index >= 15 is 0 Å². The maximum atomic E-state index is 12.7. The van der Waals surface area contributed by atoms with E-state index < -0.39 is 0 Å². The van der Waals surface area contributed by atoms with Crippen LogP contribution < -0.4 is 14.8 Å². The van der Waals surface area contributed by atoms with Crippen LogP contribution in [0.5, 0.6) is 11.5 Å². The first-order valence-corrected chi connectivity index (χ1v) is 12.5. The molecule has 35 heavy (non-hydrogen) atoms. The van der Waals surface area contributed by atoms with Gasteiger partial charge in [0, 0.05) is 0 Å². The number of anilines is 1. The minimum atomic E-state index is -0.192. The average molecular weight is 508 g/mol. The van der Waals surface area contributed by atoms with Gasteiger partial charge in [0.15, 0.2) is 16.0 Å². The van der Waals surface area contributed by atoms with Crippen LogP contribution in [-0.2, 0) is 4.79 Å². The van der Waals surface area contributed by atoms with E-state index in [1.807, 2.05) is 60.0 Å². The van der Waals surface area contributed by atoms with Crippen molar-refractivity contribution in [2.24, 2.45) is 0 Å². The number of furan rings is 1. The quantitative estimate of drug-likeness (QED) is 0.269. The molecule has 0 unspecified atom stereocenters. The number of benzene rings is 2. The second-order valence-electron chi connectivity index (χ2n) is 7.24. The van der Waals surface area contributed by atoms with Gasteiger partial charge >= 0.3 is 0 Å². The third-order valence-electron chi connectivity index (χ3n) is 4.96. The van der Waals surface area contributed by atoms with Gasteiger partial charge in [0.2, 0.25) is 11.7 Å². The molecule has 1 amide bonds. The van der Waals surface area contributed by atoms with Gasteiger partial charge in [-0.25, -0.2) is 4.98 Å². The summed E-state index contributed by atoms with van der Waals surface area (Å²) in [7, 11) is 1.62. The molecule has 11 heteroatoms. The Morgan fingerprint density at radius 2 is 1.97 bits per heavy atom. The Labute approximate surface area is 209 Å². The number of fused-ring (bicyclic) bond motifs is 1. The molecular formula is C24H21N5O4S2. The predicted molar refractivity (Wildman–Crippen MR) is 136 cm³/mol. The summed E-state index contributed by atoms with van der Waals surface area (Å²) in [6.45, 7) is 2.53. The molecule has 3 heterocycles. The van der Waals surface area contributed by atoms with E-state index in [4.69, 9.17) is 13.9 Å². The highest BCUT2D eigenvalue weighted by atomic mass is 32.2. The van der Waals surface area contributed by atoms with Crippen molar-refractivity contribution in [1.82, 2.24) is 19.7 Å². The first-order valence-electron chi connectivity index (χ1n) is 10.7. The van der Waals surface area contributed by atoms with Crippen molar-refractivity contribution < 1.29 is 18.7 Å². The molecule has 0 aliphatic heterocycles. The molecule has 5 rings (SSSR count). The van der Waals surface area contributed by atoms with Gasteiger partial charge in [0.05, 0.1) is 41.6 Å².